The molecular weight excluding hydrogens is 394 g/mol. The topological polar surface area (TPSA) is 97.1 Å². The molecule has 9 heteroatoms. The fourth-order valence-corrected chi connectivity index (χ4v) is 3.62. The Balaban J connectivity index is 1.38. The highest BCUT2D eigenvalue weighted by molar-refractivity contribution is 6.30. The van der Waals surface area contributed by atoms with Crippen LogP contribution in [-0.2, 0) is 26.0 Å². The molecule has 1 N–H and O–H groups in total. The second kappa shape index (κ2) is 8.65. The molecule has 0 saturated carbocycles. The number of amides is 1. The highest BCUT2D eigenvalue weighted by Crippen LogP contribution is 2.23. The predicted octanol–water partition coefficient (Wildman–Crippen LogP) is 3.57. The van der Waals surface area contributed by atoms with Gasteiger partial charge in [0.25, 0.3) is 5.91 Å². The van der Waals surface area contributed by atoms with Gasteiger partial charge in [-0.25, -0.2) is 0 Å². The molecule has 8 nitrogen and oxygen atoms in total. The van der Waals surface area contributed by atoms with Crippen molar-refractivity contribution in [1.82, 2.24) is 25.2 Å². The average molecular weight is 416 g/mol. The number of pyridine rings is 1. The quantitative estimate of drug-likeness (QED) is 0.618. The summed E-state index contributed by atoms with van der Waals surface area (Å²) in [5, 5.41) is 11.9. The smallest absolute Gasteiger partial charge is 0.276 e. The number of halogens is 1. The molecule has 0 aromatic carbocycles. The van der Waals surface area contributed by atoms with Gasteiger partial charge >= 0.3 is 0 Å². The fraction of sp³-hybridized carbons (Fsp3) is 0.400. The van der Waals surface area contributed by atoms with E-state index >= 15 is 0 Å². The van der Waals surface area contributed by atoms with Gasteiger partial charge in [-0.3, -0.25) is 14.9 Å². The van der Waals surface area contributed by atoms with E-state index in [1.165, 1.54) is 30.3 Å². The highest BCUT2D eigenvalue weighted by atomic mass is 35.5. The van der Waals surface area contributed by atoms with Crippen LogP contribution < -0.4 is 4.74 Å². The van der Waals surface area contributed by atoms with E-state index in [1.54, 1.807) is 30.3 Å². The van der Waals surface area contributed by atoms with Crippen LogP contribution >= 0.6 is 11.6 Å². The summed E-state index contributed by atoms with van der Waals surface area (Å²) in [6, 6.07) is 3.24. The van der Waals surface area contributed by atoms with Crippen molar-refractivity contribution in [2.45, 2.75) is 45.3 Å². The molecule has 0 atom stereocenters. The fourth-order valence-electron chi connectivity index (χ4n) is 3.46. The van der Waals surface area contributed by atoms with E-state index in [-0.39, 0.29) is 18.2 Å². The largest absolute Gasteiger partial charge is 0.484 e. The molecular formula is C20H22ClN5O3. The maximum absolute atomic E-state index is 12.7. The summed E-state index contributed by atoms with van der Waals surface area (Å²) < 4.78 is 10.8. The molecule has 1 aliphatic rings. The molecule has 1 amide bonds. The lowest BCUT2D eigenvalue weighted by atomic mass is 10.1. The molecule has 0 spiro atoms. The number of aromatic amines is 1. The minimum atomic E-state index is -0.227. The standard InChI is InChI=1S/C20H22ClN5O3/c1-26(11-19-16-5-3-2-4-6-17(16)23-24-19)20(27)18-8-15(29-25-18)12-28-14-7-13(21)9-22-10-14/h7-10H,2-6,11-12H2,1H3,(H,23,24). The number of nitrogens with zero attached hydrogens (tertiary/aromatic N) is 4. The van der Waals surface area contributed by atoms with Gasteiger partial charge in [0, 0.05) is 31.1 Å². The highest BCUT2D eigenvalue weighted by Gasteiger charge is 2.21. The van der Waals surface area contributed by atoms with Crippen molar-refractivity contribution in [3.8, 4) is 5.75 Å². The second-order valence-corrected chi connectivity index (χ2v) is 7.59. The Morgan fingerprint density at radius 3 is 3.00 bits per heavy atom. The number of aryl methyl sites for hydroxylation is 1. The third-order valence-electron chi connectivity index (χ3n) is 4.96. The van der Waals surface area contributed by atoms with Gasteiger partial charge in [-0.2, -0.15) is 5.10 Å². The first-order valence-corrected chi connectivity index (χ1v) is 9.97. The Hall–Kier alpha value is -2.87. The van der Waals surface area contributed by atoms with E-state index in [1.807, 2.05) is 0 Å². The first-order valence-electron chi connectivity index (χ1n) is 9.59. The van der Waals surface area contributed by atoms with Gasteiger partial charge in [-0.1, -0.05) is 23.2 Å². The maximum atomic E-state index is 12.7. The summed E-state index contributed by atoms with van der Waals surface area (Å²) in [7, 11) is 1.74. The van der Waals surface area contributed by atoms with E-state index in [0.29, 0.717) is 23.1 Å². The maximum Gasteiger partial charge on any atom is 0.276 e. The van der Waals surface area contributed by atoms with E-state index < -0.39 is 0 Å². The number of rotatable bonds is 6. The third kappa shape index (κ3) is 4.59. The van der Waals surface area contributed by atoms with Gasteiger partial charge in [0.05, 0.1) is 23.5 Å². The summed E-state index contributed by atoms with van der Waals surface area (Å²) in [5.74, 6) is 0.725. The van der Waals surface area contributed by atoms with Crippen LogP contribution in [0.1, 0.15) is 52.5 Å². The number of carbonyl (C=O) groups excluding carboxylic acids is 1. The Labute approximate surface area is 173 Å². The van der Waals surface area contributed by atoms with Crippen LogP contribution in [-0.4, -0.2) is 38.2 Å². The number of carbonyl (C=O) groups is 1. The Morgan fingerprint density at radius 2 is 2.14 bits per heavy atom. The molecule has 4 rings (SSSR count). The van der Waals surface area contributed by atoms with Crippen molar-refractivity contribution >= 4 is 17.5 Å². The predicted molar refractivity (Wildman–Crippen MR) is 106 cm³/mol. The molecule has 0 saturated heterocycles. The first-order chi connectivity index (χ1) is 14.1. The van der Waals surface area contributed by atoms with Crippen molar-refractivity contribution in [3.05, 3.63) is 58.0 Å². The summed E-state index contributed by atoms with van der Waals surface area (Å²) in [4.78, 5) is 18.3. The lowest BCUT2D eigenvalue weighted by Crippen LogP contribution is -2.27. The van der Waals surface area contributed by atoms with Crippen LogP contribution in [0.5, 0.6) is 5.75 Å². The first kappa shape index (κ1) is 19.4. The Kier molecular flexibility index (Phi) is 5.80. The molecule has 29 heavy (non-hydrogen) atoms. The van der Waals surface area contributed by atoms with Gasteiger partial charge in [-0.05, 0) is 31.2 Å². The minimum absolute atomic E-state index is 0.124. The van der Waals surface area contributed by atoms with Crippen molar-refractivity contribution in [2.75, 3.05) is 7.05 Å². The molecule has 3 aromatic rings. The van der Waals surface area contributed by atoms with Crippen molar-refractivity contribution in [1.29, 1.82) is 0 Å². The molecule has 0 radical (unpaired) electrons. The van der Waals surface area contributed by atoms with E-state index in [4.69, 9.17) is 20.9 Å². The molecule has 0 bridgehead atoms. The SMILES string of the molecule is CN(Cc1n[nH]c2c1CCCCC2)C(=O)c1cc(COc2cncc(Cl)c2)on1. The van der Waals surface area contributed by atoms with Crippen molar-refractivity contribution in [2.24, 2.45) is 0 Å². The number of fused-ring (bicyclic) bond motifs is 1. The number of nitrogens with one attached hydrogen (secondary N) is 1. The Bertz CT molecular complexity index is 1000. The zero-order valence-corrected chi connectivity index (χ0v) is 16.9. The number of hydrogen-bond donors (Lipinski definition) is 1. The lowest BCUT2D eigenvalue weighted by Gasteiger charge is -2.15. The number of aromatic nitrogens is 4. The van der Waals surface area contributed by atoms with E-state index in [2.05, 4.69) is 20.3 Å². The summed E-state index contributed by atoms with van der Waals surface area (Å²) in [6.45, 7) is 0.552. The van der Waals surface area contributed by atoms with Crippen LogP contribution in [0.25, 0.3) is 0 Å². The molecule has 0 unspecified atom stereocenters. The van der Waals surface area contributed by atoms with Crippen LogP contribution in [0.15, 0.2) is 29.0 Å². The molecule has 3 heterocycles. The summed E-state index contributed by atoms with van der Waals surface area (Å²) in [5.41, 5.74) is 3.62. The summed E-state index contributed by atoms with van der Waals surface area (Å²) in [6.07, 6.45) is 8.67. The van der Waals surface area contributed by atoms with Gasteiger partial charge in [0.2, 0.25) is 0 Å². The van der Waals surface area contributed by atoms with Gasteiger partial charge in [0.1, 0.15) is 12.4 Å². The molecule has 152 valence electrons. The molecule has 1 aliphatic carbocycles. The second-order valence-electron chi connectivity index (χ2n) is 7.16. The number of ether oxygens (including phenoxy) is 1. The van der Waals surface area contributed by atoms with Crippen LogP contribution in [0.4, 0.5) is 0 Å². The number of H-pyrrole nitrogens is 1. The molecule has 0 fully saturated rings. The van der Waals surface area contributed by atoms with E-state index in [0.717, 1.165) is 25.0 Å². The van der Waals surface area contributed by atoms with Crippen molar-refractivity contribution in [3.63, 3.8) is 0 Å². The average Bonchev–Trinajstić information content (AvgIpc) is 3.26. The van der Waals surface area contributed by atoms with Crippen LogP contribution in [0.3, 0.4) is 0 Å². The van der Waals surface area contributed by atoms with Gasteiger partial charge in [0.15, 0.2) is 11.5 Å². The van der Waals surface area contributed by atoms with Gasteiger partial charge < -0.3 is 14.2 Å². The van der Waals surface area contributed by atoms with Gasteiger partial charge in [-0.15, -0.1) is 0 Å². The number of hydrogen-bond acceptors (Lipinski definition) is 6. The minimum Gasteiger partial charge on any atom is -0.484 e. The third-order valence-corrected chi connectivity index (χ3v) is 5.17. The van der Waals surface area contributed by atoms with E-state index in [9.17, 15) is 4.79 Å². The van der Waals surface area contributed by atoms with Crippen molar-refractivity contribution < 1.29 is 14.1 Å². The monoisotopic (exact) mass is 415 g/mol. The Morgan fingerprint density at radius 1 is 1.28 bits per heavy atom. The zero-order chi connectivity index (χ0) is 20.2. The normalized spacial score (nSPS) is 13.6. The summed E-state index contributed by atoms with van der Waals surface area (Å²) >= 11 is 5.88. The lowest BCUT2D eigenvalue weighted by molar-refractivity contribution is 0.0772. The zero-order valence-electron chi connectivity index (χ0n) is 16.2. The van der Waals surface area contributed by atoms with Crippen LogP contribution in [0.2, 0.25) is 5.02 Å². The van der Waals surface area contributed by atoms with Crippen LogP contribution in [0, 0.1) is 0 Å². The molecule has 0 aliphatic heterocycles. The molecule has 3 aromatic heterocycles.